The minimum absolute atomic E-state index is 0.867. The molecule has 0 N–H and O–H groups in total. The molecule has 1 aliphatic carbocycles. The normalized spacial score (nSPS) is 21.5. The third kappa shape index (κ3) is 2.79. The summed E-state index contributed by atoms with van der Waals surface area (Å²) < 4.78 is 10.7. The molecule has 2 heteroatoms. The van der Waals surface area contributed by atoms with Crippen LogP contribution in [-0.4, -0.2) is 12.8 Å². The highest BCUT2D eigenvalue weighted by molar-refractivity contribution is 7.43. The Morgan fingerprint density at radius 3 is 2.50 bits per heavy atom. The van der Waals surface area contributed by atoms with Crippen molar-refractivity contribution in [2.75, 3.05) is 12.8 Å². The predicted octanol–water partition coefficient (Wildman–Crippen LogP) is 3.02. The van der Waals surface area contributed by atoms with E-state index in [1.165, 1.54) is 32.1 Å². The van der Waals surface area contributed by atoms with E-state index in [2.05, 4.69) is 0 Å². The zero-order valence-electron chi connectivity index (χ0n) is 6.68. The Bertz CT molecular complexity index is 116. The topological polar surface area (TPSA) is 17.1 Å². The third-order valence-corrected chi connectivity index (χ3v) is 3.21. The van der Waals surface area contributed by atoms with Gasteiger partial charge in [-0.3, -0.25) is 0 Å². The number of rotatable bonds is 3. The van der Waals surface area contributed by atoms with Gasteiger partial charge in [-0.25, -0.2) is 0 Å². The fourth-order valence-corrected chi connectivity index (χ4v) is 2.39. The number of hydrogen-bond acceptors (Lipinski definition) is 1. The summed E-state index contributed by atoms with van der Waals surface area (Å²) in [4.78, 5) is 0. The molecule has 1 atom stereocenters. The molecule has 0 aromatic rings. The molecule has 0 saturated heterocycles. The van der Waals surface area contributed by atoms with Crippen molar-refractivity contribution in [2.24, 2.45) is 5.92 Å². The molecule has 1 fully saturated rings. The fraction of sp³-hybridized carbons (Fsp3) is 1.00. The molecule has 1 saturated carbocycles. The Balaban J connectivity index is 2.07. The first-order chi connectivity index (χ1) is 4.79. The van der Waals surface area contributed by atoms with Crippen LogP contribution in [0.3, 0.4) is 0 Å². The molecule has 0 heterocycles. The Morgan fingerprint density at radius 1 is 1.40 bits per heavy atom. The molecule has 0 amide bonds. The Labute approximate surface area is 64.0 Å². The van der Waals surface area contributed by atoms with Crippen LogP contribution in [0.4, 0.5) is 0 Å². The summed E-state index contributed by atoms with van der Waals surface area (Å²) in [5.41, 5.74) is 0. The second-order valence-corrected chi connectivity index (χ2v) is 4.99. The van der Waals surface area contributed by atoms with Crippen molar-refractivity contribution in [2.45, 2.75) is 32.1 Å². The van der Waals surface area contributed by atoms with Crippen molar-refractivity contribution in [3.8, 4) is 0 Å². The van der Waals surface area contributed by atoms with Gasteiger partial charge in [-0.05, 0) is 12.3 Å². The minimum atomic E-state index is -0.867. The van der Waals surface area contributed by atoms with Crippen molar-refractivity contribution >= 4 is 7.80 Å². The first-order valence-corrected chi connectivity index (χ1v) is 6.06. The van der Waals surface area contributed by atoms with Crippen molar-refractivity contribution in [1.29, 1.82) is 0 Å². The van der Waals surface area contributed by atoms with Gasteiger partial charge in [-0.2, -0.15) is 0 Å². The molecule has 1 unspecified atom stereocenters. The van der Waals surface area contributed by atoms with Gasteiger partial charge in [0.25, 0.3) is 0 Å². The van der Waals surface area contributed by atoms with Gasteiger partial charge in [0.1, 0.15) is 12.8 Å². The van der Waals surface area contributed by atoms with Crippen molar-refractivity contribution in [3.05, 3.63) is 0 Å². The molecule has 10 heavy (non-hydrogen) atoms. The summed E-state index contributed by atoms with van der Waals surface area (Å²) in [6.45, 7) is 1.84. The van der Waals surface area contributed by atoms with Crippen molar-refractivity contribution in [1.82, 2.24) is 0 Å². The van der Waals surface area contributed by atoms with Crippen LogP contribution in [0.2, 0.25) is 0 Å². The maximum Gasteiger partial charge on any atom is 0.335 e. The highest BCUT2D eigenvalue weighted by Gasteiger charge is 2.17. The maximum atomic E-state index is 10.7. The highest BCUT2D eigenvalue weighted by Crippen LogP contribution is 2.30. The molecule has 58 valence electrons. The van der Waals surface area contributed by atoms with Gasteiger partial charge >= 0.3 is 7.80 Å². The standard InChI is InChI=1S/C8H16OP/c1-10(9)7-6-8-4-2-3-5-8/h8H,2-7H2,1H3/q+1. The molecule has 0 spiro atoms. The summed E-state index contributed by atoms with van der Waals surface area (Å²) >= 11 is 0. The van der Waals surface area contributed by atoms with E-state index in [1.807, 2.05) is 6.66 Å². The molecule has 0 bridgehead atoms. The van der Waals surface area contributed by atoms with E-state index in [-0.39, 0.29) is 0 Å². The van der Waals surface area contributed by atoms with Gasteiger partial charge < -0.3 is 0 Å². The molecule has 0 aromatic carbocycles. The van der Waals surface area contributed by atoms with Crippen LogP contribution < -0.4 is 0 Å². The van der Waals surface area contributed by atoms with Crippen molar-refractivity contribution < 1.29 is 4.57 Å². The van der Waals surface area contributed by atoms with Crippen LogP contribution >= 0.6 is 7.80 Å². The van der Waals surface area contributed by atoms with Gasteiger partial charge in [0.2, 0.25) is 0 Å². The molecule has 0 radical (unpaired) electrons. The predicted molar refractivity (Wildman–Crippen MR) is 45.0 cm³/mol. The highest BCUT2D eigenvalue weighted by atomic mass is 31.1. The second kappa shape index (κ2) is 4.08. The monoisotopic (exact) mass is 159 g/mol. The van der Waals surface area contributed by atoms with Gasteiger partial charge in [-0.1, -0.05) is 30.2 Å². The van der Waals surface area contributed by atoms with Gasteiger partial charge in [-0.15, -0.1) is 0 Å². The fourth-order valence-electron chi connectivity index (χ4n) is 1.66. The van der Waals surface area contributed by atoms with Crippen LogP contribution in [0.1, 0.15) is 32.1 Å². The lowest BCUT2D eigenvalue weighted by atomic mass is 10.1. The maximum absolute atomic E-state index is 10.7. The zero-order valence-corrected chi connectivity index (χ0v) is 7.57. The zero-order chi connectivity index (χ0) is 7.40. The summed E-state index contributed by atoms with van der Waals surface area (Å²) in [5, 5.41) is 0. The van der Waals surface area contributed by atoms with Crippen LogP contribution in [-0.2, 0) is 4.57 Å². The quantitative estimate of drug-likeness (QED) is 0.578. The van der Waals surface area contributed by atoms with E-state index in [0.717, 1.165) is 12.1 Å². The third-order valence-electron chi connectivity index (χ3n) is 2.33. The summed E-state index contributed by atoms with van der Waals surface area (Å²) in [5.74, 6) is 0.916. The second-order valence-electron chi connectivity index (χ2n) is 3.29. The molecule has 1 aliphatic rings. The lowest BCUT2D eigenvalue weighted by Gasteiger charge is -2.01. The van der Waals surface area contributed by atoms with Crippen LogP contribution in [0.15, 0.2) is 0 Å². The van der Waals surface area contributed by atoms with E-state index in [9.17, 15) is 4.57 Å². The molecular weight excluding hydrogens is 143 g/mol. The SMILES string of the molecule is C[P+](=O)CCC1CCCC1. The Morgan fingerprint density at radius 2 is 2.00 bits per heavy atom. The van der Waals surface area contributed by atoms with E-state index < -0.39 is 7.80 Å². The number of hydrogen-bond donors (Lipinski definition) is 0. The Kier molecular flexibility index (Phi) is 3.34. The smallest absolute Gasteiger partial charge is 0.0752 e. The molecule has 0 aromatic heterocycles. The molecule has 1 nitrogen and oxygen atoms in total. The largest absolute Gasteiger partial charge is 0.335 e. The first-order valence-electron chi connectivity index (χ1n) is 4.17. The van der Waals surface area contributed by atoms with E-state index in [1.54, 1.807) is 0 Å². The van der Waals surface area contributed by atoms with Gasteiger partial charge in [0.05, 0.1) is 0 Å². The van der Waals surface area contributed by atoms with Crippen molar-refractivity contribution in [3.63, 3.8) is 0 Å². The minimum Gasteiger partial charge on any atom is -0.0752 e. The van der Waals surface area contributed by atoms with Gasteiger partial charge in [0, 0.05) is 0 Å². The molecule has 0 aliphatic heterocycles. The van der Waals surface area contributed by atoms with E-state index >= 15 is 0 Å². The van der Waals surface area contributed by atoms with E-state index in [4.69, 9.17) is 0 Å². The first kappa shape index (κ1) is 8.20. The Hall–Kier alpha value is 0.100. The molecular formula is C8H16OP+. The summed E-state index contributed by atoms with van der Waals surface area (Å²) in [7, 11) is -0.867. The molecule has 1 rings (SSSR count). The lowest BCUT2D eigenvalue weighted by Crippen LogP contribution is -1.93. The summed E-state index contributed by atoms with van der Waals surface area (Å²) in [6.07, 6.45) is 7.77. The van der Waals surface area contributed by atoms with Gasteiger partial charge in [0.15, 0.2) is 0 Å². The van der Waals surface area contributed by atoms with Crippen LogP contribution in [0.5, 0.6) is 0 Å². The average Bonchev–Trinajstić information content (AvgIpc) is 2.34. The van der Waals surface area contributed by atoms with Crippen LogP contribution in [0, 0.1) is 5.92 Å². The average molecular weight is 159 g/mol. The van der Waals surface area contributed by atoms with Crippen LogP contribution in [0.25, 0.3) is 0 Å². The summed E-state index contributed by atoms with van der Waals surface area (Å²) in [6, 6.07) is 0. The van der Waals surface area contributed by atoms with E-state index in [0.29, 0.717) is 0 Å². The lowest BCUT2D eigenvalue weighted by molar-refractivity contribution is 0.525.